The lowest BCUT2D eigenvalue weighted by Gasteiger charge is -2.12. The van der Waals surface area contributed by atoms with Gasteiger partial charge in [-0.1, -0.05) is 18.2 Å². The lowest BCUT2D eigenvalue weighted by molar-refractivity contribution is -0.137. The van der Waals surface area contributed by atoms with Crippen LogP contribution in [-0.4, -0.2) is 23.0 Å². The van der Waals surface area contributed by atoms with Crippen LogP contribution >= 0.6 is 11.3 Å². The van der Waals surface area contributed by atoms with Crippen LogP contribution in [0.4, 0.5) is 0 Å². The maximum Gasteiger partial charge on any atom is 0.303 e. The van der Waals surface area contributed by atoms with Crippen LogP contribution in [-0.2, 0) is 16.0 Å². The zero-order valence-electron chi connectivity index (χ0n) is 12.7. The predicted octanol–water partition coefficient (Wildman–Crippen LogP) is 3.59. The van der Waals surface area contributed by atoms with E-state index in [1.165, 1.54) is 15.6 Å². The van der Waals surface area contributed by atoms with Gasteiger partial charge in [-0.3, -0.25) is 9.59 Å². The van der Waals surface area contributed by atoms with Crippen LogP contribution in [0.25, 0.3) is 10.1 Å². The molecule has 2 N–H and O–H groups in total. The van der Waals surface area contributed by atoms with Crippen molar-refractivity contribution in [2.75, 3.05) is 0 Å². The molecule has 0 saturated carbocycles. The zero-order chi connectivity index (χ0) is 15.9. The normalized spacial score (nSPS) is 12.2. The summed E-state index contributed by atoms with van der Waals surface area (Å²) in [6.45, 7) is 1.84. The van der Waals surface area contributed by atoms with Crippen LogP contribution in [0.15, 0.2) is 29.6 Å². The van der Waals surface area contributed by atoms with Crippen molar-refractivity contribution in [2.45, 2.75) is 45.1 Å². The Kier molecular flexibility index (Phi) is 5.95. The van der Waals surface area contributed by atoms with Crippen molar-refractivity contribution in [1.29, 1.82) is 0 Å². The molecule has 1 aromatic heterocycles. The van der Waals surface area contributed by atoms with Gasteiger partial charge >= 0.3 is 5.97 Å². The number of aliphatic carboxylic acids is 1. The summed E-state index contributed by atoms with van der Waals surface area (Å²) in [6, 6.07) is 8.21. The fourth-order valence-corrected chi connectivity index (χ4v) is 3.42. The minimum Gasteiger partial charge on any atom is -0.481 e. The smallest absolute Gasteiger partial charge is 0.303 e. The van der Waals surface area contributed by atoms with E-state index in [0.717, 1.165) is 12.8 Å². The molecule has 5 heteroatoms. The van der Waals surface area contributed by atoms with Gasteiger partial charge in [0.25, 0.3) is 0 Å². The molecule has 22 heavy (non-hydrogen) atoms. The van der Waals surface area contributed by atoms with E-state index in [-0.39, 0.29) is 18.4 Å². The van der Waals surface area contributed by atoms with Crippen molar-refractivity contribution < 1.29 is 14.7 Å². The summed E-state index contributed by atoms with van der Waals surface area (Å²) in [4.78, 5) is 22.3. The van der Waals surface area contributed by atoms with Crippen molar-refractivity contribution >= 4 is 33.3 Å². The fraction of sp³-hybridized carbons (Fsp3) is 0.412. The molecule has 4 nitrogen and oxygen atoms in total. The van der Waals surface area contributed by atoms with Gasteiger partial charge in [-0.15, -0.1) is 11.3 Å². The number of amides is 1. The predicted molar refractivity (Wildman–Crippen MR) is 89.2 cm³/mol. The summed E-state index contributed by atoms with van der Waals surface area (Å²) >= 11 is 1.74. The Morgan fingerprint density at radius 3 is 2.82 bits per heavy atom. The number of carbonyl (C=O) groups is 2. The molecule has 2 rings (SSSR count). The zero-order valence-corrected chi connectivity index (χ0v) is 13.5. The molecule has 1 unspecified atom stereocenters. The highest BCUT2D eigenvalue weighted by molar-refractivity contribution is 7.17. The van der Waals surface area contributed by atoms with Gasteiger partial charge in [0.15, 0.2) is 0 Å². The van der Waals surface area contributed by atoms with Crippen molar-refractivity contribution in [2.24, 2.45) is 0 Å². The molecular formula is C17H21NO3S. The minimum absolute atomic E-state index is 0.00239. The van der Waals surface area contributed by atoms with Gasteiger partial charge < -0.3 is 10.4 Å². The number of aryl methyl sites for hydroxylation is 1. The third-order valence-electron chi connectivity index (χ3n) is 3.61. The van der Waals surface area contributed by atoms with Gasteiger partial charge in [-0.2, -0.15) is 0 Å². The molecule has 0 saturated heterocycles. The molecule has 1 amide bonds. The molecule has 1 atom stereocenters. The van der Waals surface area contributed by atoms with E-state index in [9.17, 15) is 9.59 Å². The van der Waals surface area contributed by atoms with Crippen molar-refractivity contribution in [3.05, 3.63) is 35.2 Å². The van der Waals surface area contributed by atoms with Crippen LogP contribution in [0.1, 0.15) is 38.2 Å². The summed E-state index contributed by atoms with van der Waals surface area (Å²) in [5.74, 6) is -0.831. The molecule has 0 aliphatic heterocycles. The summed E-state index contributed by atoms with van der Waals surface area (Å²) in [5, 5.41) is 14.9. The van der Waals surface area contributed by atoms with E-state index in [0.29, 0.717) is 12.8 Å². The molecule has 0 spiro atoms. The standard InChI is InChI=1S/C17H21NO3S/c1-12(9-10-17(20)21)18-16(19)8-4-5-13-11-22-15-7-3-2-6-14(13)15/h2-3,6-7,11-12H,4-5,8-10H2,1H3,(H,18,19)(H,20,21). The van der Waals surface area contributed by atoms with E-state index in [1.54, 1.807) is 11.3 Å². The van der Waals surface area contributed by atoms with Gasteiger partial charge in [-0.05, 0) is 48.6 Å². The third kappa shape index (κ3) is 4.84. The number of carboxylic acid groups (broad SMARTS) is 1. The Morgan fingerprint density at radius 1 is 1.27 bits per heavy atom. The molecule has 118 valence electrons. The number of thiophene rings is 1. The van der Waals surface area contributed by atoms with Gasteiger partial charge in [0.05, 0.1) is 0 Å². The Morgan fingerprint density at radius 2 is 2.05 bits per heavy atom. The fourth-order valence-electron chi connectivity index (χ4n) is 2.42. The molecule has 2 aromatic rings. The van der Waals surface area contributed by atoms with Gasteiger partial charge in [0.2, 0.25) is 5.91 Å². The number of nitrogens with one attached hydrogen (secondary N) is 1. The highest BCUT2D eigenvalue weighted by Gasteiger charge is 2.10. The average molecular weight is 319 g/mol. The number of hydrogen-bond donors (Lipinski definition) is 2. The first-order valence-corrected chi connectivity index (χ1v) is 8.40. The first-order valence-electron chi connectivity index (χ1n) is 7.52. The highest BCUT2D eigenvalue weighted by atomic mass is 32.1. The van der Waals surface area contributed by atoms with E-state index >= 15 is 0 Å². The van der Waals surface area contributed by atoms with Crippen LogP contribution in [0.2, 0.25) is 0 Å². The first kappa shape index (κ1) is 16.5. The highest BCUT2D eigenvalue weighted by Crippen LogP contribution is 2.26. The summed E-state index contributed by atoms with van der Waals surface area (Å²) in [6.07, 6.45) is 2.72. The van der Waals surface area contributed by atoms with E-state index in [4.69, 9.17) is 5.11 Å². The molecule has 0 radical (unpaired) electrons. The molecule has 0 aliphatic carbocycles. The van der Waals surface area contributed by atoms with Gasteiger partial charge in [0.1, 0.15) is 0 Å². The number of carbonyl (C=O) groups excluding carboxylic acids is 1. The van der Waals surface area contributed by atoms with E-state index in [1.807, 2.05) is 19.1 Å². The monoisotopic (exact) mass is 319 g/mol. The van der Waals surface area contributed by atoms with Crippen molar-refractivity contribution in [3.8, 4) is 0 Å². The lowest BCUT2D eigenvalue weighted by Crippen LogP contribution is -2.32. The van der Waals surface area contributed by atoms with Crippen molar-refractivity contribution in [3.63, 3.8) is 0 Å². The second-order valence-corrected chi connectivity index (χ2v) is 6.42. The number of hydrogen-bond acceptors (Lipinski definition) is 3. The topological polar surface area (TPSA) is 66.4 Å². The van der Waals surface area contributed by atoms with Crippen molar-refractivity contribution in [1.82, 2.24) is 5.32 Å². The number of fused-ring (bicyclic) bond motifs is 1. The number of benzene rings is 1. The largest absolute Gasteiger partial charge is 0.481 e. The van der Waals surface area contributed by atoms with Crippen LogP contribution in [0, 0.1) is 0 Å². The second-order valence-electron chi connectivity index (χ2n) is 5.51. The minimum atomic E-state index is -0.828. The quantitative estimate of drug-likeness (QED) is 0.781. The van der Waals surface area contributed by atoms with Crippen LogP contribution in [0.3, 0.4) is 0 Å². The van der Waals surface area contributed by atoms with Crippen LogP contribution in [0.5, 0.6) is 0 Å². The number of carboxylic acids is 1. The summed E-state index contributed by atoms with van der Waals surface area (Å²) in [7, 11) is 0. The Labute approximate surface area is 134 Å². The van der Waals surface area contributed by atoms with E-state index < -0.39 is 5.97 Å². The van der Waals surface area contributed by atoms with Gasteiger partial charge in [0, 0.05) is 23.6 Å². The molecule has 0 fully saturated rings. The number of rotatable bonds is 8. The first-order chi connectivity index (χ1) is 10.6. The van der Waals surface area contributed by atoms with Crippen LogP contribution < -0.4 is 5.32 Å². The Hall–Kier alpha value is -1.88. The maximum atomic E-state index is 11.8. The Bertz CT molecular complexity index is 650. The SMILES string of the molecule is CC(CCC(=O)O)NC(=O)CCCc1csc2ccccc12. The average Bonchev–Trinajstić information content (AvgIpc) is 2.89. The molecule has 0 bridgehead atoms. The lowest BCUT2D eigenvalue weighted by atomic mass is 10.1. The molecule has 0 aliphatic rings. The summed E-state index contributed by atoms with van der Waals surface area (Å²) < 4.78 is 1.28. The summed E-state index contributed by atoms with van der Waals surface area (Å²) in [5.41, 5.74) is 1.30. The maximum absolute atomic E-state index is 11.8. The molecule has 1 aromatic carbocycles. The Balaban J connectivity index is 1.74. The third-order valence-corrected chi connectivity index (χ3v) is 4.62. The molecular weight excluding hydrogens is 298 g/mol. The molecule has 1 heterocycles. The second kappa shape index (κ2) is 7.94. The van der Waals surface area contributed by atoms with Gasteiger partial charge in [-0.25, -0.2) is 0 Å². The van der Waals surface area contributed by atoms with E-state index in [2.05, 4.69) is 22.8 Å².